The fraction of sp³-hybridized carbons (Fsp3) is 0.350. The number of nitrogens with zero attached hydrogens (tertiary/aromatic N) is 3. The van der Waals surface area contributed by atoms with Gasteiger partial charge in [-0.05, 0) is 43.2 Å². The van der Waals surface area contributed by atoms with Gasteiger partial charge in [-0.15, -0.1) is 0 Å². The molecule has 1 unspecified atom stereocenters. The van der Waals surface area contributed by atoms with Crippen LogP contribution in [0.15, 0.2) is 42.7 Å². The van der Waals surface area contributed by atoms with Gasteiger partial charge in [0.1, 0.15) is 6.04 Å². The van der Waals surface area contributed by atoms with Crippen LogP contribution in [0.2, 0.25) is 0 Å². The number of hydrogen-bond acceptors (Lipinski definition) is 4. The first-order valence-corrected chi connectivity index (χ1v) is 8.77. The number of amides is 2. The van der Waals surface area contributed by atoms with Gasteiger partial charge in [0, 0.05) is 50.3 Å². The van der Waals surface area contributed by atoms with Gasteiger partial charge in [-0.1, -0.05) is 12.1 Å². The first-order valence-electron chi connectivity index (χ1n) is 8.77. The highest BCUT2D eigenvalue weighted by Crippen LogP contribution is 2.23. The van der Waals surface area contributed by atoms with Gasteiger partial charge >= 0.3 is 0 Å². The van der Waals surface area contributed by atoms with Gasteiger partial charge in [0.15, 0.2) is 0 Å². The predicted octanol–water partition coefficient (Wildman–Crippen LogP) is 2.30. The van der Waals surface area contributed by atoms with Crippen LogP contribution in [-0.4, -0.2) is 52.8 Å². The second-order valence-electron chi connectivity index (χ2n) is 6.63. The molecule has 0 saturated carbocycles. The summed E-state index contributed by atoms with van der Waals surface area (Å²) in [6, 6.07) is 9.11. The maximum absolute atomic E-state index is 13.0. The van der Waals surface area contributed by atoms with Crippen molar-refractivity contribution in [3.63, 3.8) is 0 Å². The Morgan fingerprint density at radius 1 is 1.27 bits per heavy atom. The average Bonchev–Trinajstić information content (AvgIpc) is 2.66. The number of likely N-dealkylation sites (N-methyl/N-ethyl adjacent to an activating group) is 1. The van der Waals surface area contributed by atoms with E-state index in [1.165, 1.54) is 0 Å². The number of carbonyl (C=O) groups excluding carboxylic acids is 2. The summed E-state index contributed by atoms with van der Waals surface area (Å²) in [6.45, 7) is 5.47. The van der Waals surface area contributed by atoms with Gasteiger partial charge in [0.25, 0.3) is 5.91 Å². The molecule has 1 aromatic carbocycles. The van der Waals surface area contributed by atoms with Crippen molar-refractivity contribution in [3.8, 4) is 0 Å². The highest BCUT2D eigenvalue weighted by Gasteiger charge is 2.33. The third kappa shape index (κ3) is 3.54. The fourth-order valence-electron chi connectivity index (χ4n) is 3.20. The van der Waals surface area contributed by atoms with E-state index in [0.717, 1.165) is 16.8 Å². The van der Waals surface area contributed by atoms with E-state index < -0.39 is 6.04 Å². The SMILES string of the molecule is Cc1c(NCc2cccnc2)cccc1C(=O)N1CCN(C)C(=O)C1C. The summed E-state index contributed by atoms with van der Waals surface area (Å²) < 4.78 is 0. The molecule has 0 radical (unpaired) electrons. The molecule has 1 aromatic heterocycles. The number of aromatic nitrogens is 1. The largest absolute Gasteiger partial charge is 0.381 e. The van der Waals surface area contributed by atoms with Crippen LogP contribution in [0.4, 0.5) is 5.69 Å². The molecule has 2 amide bonds. The van der Waals surface area contributed by atoms with Crippen molar-refractivity contribution in [2.75, 3.05) is 25.5 Å². The minimum Gasteiger partial charge on any atom is -0.381 e. The maximum Gasteiger partial charge on any atom is 0.254 e. The van der Waals surface area contributed by atoms with E-state index >= 15 is 0 Å². The molecule has 3 rings (SSSR count). The van der Waals surface area contributed by atoms with Crippen molar-refractivity contribution in [1.29, 1.82) is 0 Å². The Labute approximate surface area is 153 Å². The molecule has 2 aromatic rings. The Morgan fingerprint density at radius 2 is 2.08 bits per heavy atom. The van der Waals surface area contributed by atoms with E-state index in [4.69, 9.17) is 0 Å². The third-order valence-corrected chi connectivity index (χ3v) is 4.91. The van der Waals surface area contributed by atoms with Crippen molar-refractivity contribution >= 4 is 17.5 Å². The predicted molar refractivity (Wildman–Crippen MR) is 101 cm³/mol. The van der Waals surface area contributed by atoms with Crippen LogP contribution >= 0.6 is 0 Å². The molecule has 1 aliphatic rings. The topological polar surface area (TPSA) is 65.5 Å². The van der Waals surface area contributed by atoms with E-state index in [2.05, 4.69) is 10.3 Å². The first-order chi connectivity index (χ1) is 12.5. The van der Waals surface area contributed by atoms with Crippen molar-refractivity contribution < 1.29 is 9.59 Å². The monoisotopic (exact) mass is 352 g/mol. The van der Waals surface area contributed by atoms with Gasteiger partial charge in [-0.2, -0.15) is 0 Å². The Balaban J connectivity index is 1.78. The van der Waals surface area contributed by atoms with Crippen LogP contribution in [0.25, 0.3) is 0 Å². The number of piperazine rings is 1. The minimum atomic E-state index is -0.437. The van der Waals surface area contributed by atoms with E-state index in [1.807, 2.05) is 43.5 Å². The molecule has 1 saturated heterocycles. The molecule has 26 heavy (non-hydrogen) atoms. The molecule has 1 N–H and O–H groups in total. The van der Waals surface area contributed by atoms with Crippen molar-refractivity contribution in [1.82, 2.24) is 14.8 Å². The molecule has 6 heteroatoms. The van der Waals surface area contributed by atoms with Crippen LogP contribution in [0.1, 0.15) is 28.4 Å². The van der Waals surface area contributed by atoms with Gasteiger partial charge in [0.2, 0.25) is 5.91 Å². The molecule has 1 fully saturated rings. The molecule has 1 aliphatic heterocycles. The zero-order chi connectivity index (χ0) is 18.7. The van der Waals surface area contributed by atoms with Gasteiger partial charge < -0.3 is 15.1 Å². The Morgan fingerprint density at radius 3 is 2.81 bits per heavy atom. The Kier molecular flexibility index (Phi) is 5.21. The van der Waals surface area contributed by atoms with E-state index in [9.17, 15) is 9.59 Å². The van der Waals surface area contributed by atoms with Crippen molar-refractivity contribution in [2.45, 2.75) is 26.4 Å². The summed E-state index contributed by atoms with van der Waals surface area (Å²) in [5.41, 5.74) is 3.50. The van der Waals surface area contributed by atoms with Crippen LogP contribution in [0.3, 0.4) is 0 Å². The lowest BCUT2D eigenvalue weighted by Crippen LogP contribution is -2.56. The molecular formula is C20H24N4O2. The second kappa shape index (κ2) is 7.56. The van der Waals surface area contributed by atoms with Crippen molar-refractivity contribution in [3.05, 3.63) is 59.4 Å². The highest BCUT2D eigenvalue weighted by molar-refractivity contribution is 6.00. The molecule has 0 spiro atoms. The number of pyridine rings is 1. The van der Waals surface area contributed by atoms with Gasteiger partial charge in [0.05, 0.1) is 0 Å². The average molecular weight is 352 g/mol. The van der Waals surface area contributed by atoms with Crippen LogP contribution in [0, 0.1) is 6.92 Å². The Hall–Kier alpha value is -2.89. The molecule has 6 nitrogen and oxygen atoms in total. The summed E-state index contributed by atoms with van der Waals surface area (Å²) in [5, 5.41) is 3.37. The summed E-state index contributed by atoms with van der Waals surface area (Å²) in [5.74, 6) is -0.116. The molecule has 2 heterocycles. The molecule has 136 valence electrons. The van der Waals surface area contributed by atoms with Crippen LogP contribution in [0.5, 0.6) is 0 Å². The second-order valence-corrected chi connectivity index (χ2v) is 6.63. The number of hydrogen-bond donors (Lipinski definition) is 1. The van der Waals surface area contributed by atoms with Crippen LogP contribution in [-0.2, 0) is 11.3 Å². The molecular weight excluding hydrogens is 328 g/mol. The zero-order valence-corrected chi connectivity index (χ0v) is 15.4. The van der Waals surface area contributed by atoms with Crippen LogP contribution < -0.4 is 5.32 Å². The summed E-state index contributed by atoms with van der Waals surface area (Å²) >= 11 is 0. The molecule has 0 bridgehead atoms. The number of anilines is 1. The lowest BCUT2D eigenvalue weighted by Gasteiger charge is -2.37. The fourth-order valence-corrected chi connectivity index (χ4v) is 3.20. The number of rotatable bonds is 4. The summed E-state index contributed by atoms with van der Waals surface area (Å²) in [6.07, 6.45) is 3.56. The number of carbonyl (C=O) groups is 2. The third-order valence-electron chi connectivity index (χ3n) is 4.91. The van der Waals surface area contributed by atoms with Gasteiger partial charge in [-0.25, -0.2) is 0 Å². The zero-order valence-electron chi connectivity index (χ0n) is 15.4. The minimum absolute atomic E-state index is 0.0203. The lowest BCUT2D eigenvalue weighted by molar-refractivity contribution is -0.137. The number of nitrogens with one attached hydrogen (secondary N) is 1. The summed E-state index contributed by atoms with van der Waals surface area (Å²) in [4.78, 5) is 32.7. The number of benzene rings is 1. The standard InChI is InChI=1S/C20H24N4O2/c1-14-17(20(26)24-11-10-23(3)19(25)15(24)2)7-4-8-18(14)22-13-16-6-5-9-21-12-16/h4-9,12,15,22H,10-11,13H2,1-3H3. The Bertz CT molecular complexity index is 807. The normalized spacial score (nSPS) is 17.3. The summed E-state index contributed by atoms with van der Waals surface area (Å²) in [7, 11) is 1.77. The first kappa shape index (κ1) is 17.9. The van der Waals surface area contributed by atoms with E-state index in [1.54, 1.807) is 30.0 Å². The molecule has 0 aliphatic carbocycles. The highest BCUT2D eigenvalue weighted by atomic mass is 16.2. The molecule has 1 atom stereocenters. The lowest BCUT2D eigenvalue weighted by atomic mass is 10.0. The quantitative estimate of drug-likeness (QED) is 0.917. The smallest absolute Gasteiger partial charge is 0.254 e. The maximum atomic E-state index is 13.0. The van der Waals surface area contributed by atoms with Crippen molar-refractivity contribution in [2.24, 2.45) is 0 Å². The van der Waals surface area contributed by atoms with Gasteiger partial charge in [-0.3, -0.25) is 14.6 Å². The van der Waals surface area contributed by atoms with E-state index in [-0.39, 0.29) is 11.8 Å². The van der Waals surface area contributed by atoms with E-state index in [0.29, 0.717) is 25.2 Å².